The number of rotatable bonds is 6. The molecule has 4 heteroatoms. The van der Waals surface area contributed by atoms with E-state index in [2.05, 4.69) is 4.90 Å². The summed E-state index contributed by atoms with van der Waals surface area (Å²) in [6.07, 6.45) is 9.55. The molecule has 1 amide bonds. The standard InChI is InChI=1S/C20H27NO3/c22-20(21(17-10-11-17)16-6-1-2-7-16)15-5-3-8-18(13-15)24-14-19-9-4-12-23-19/h3,5,8,13,16-17,19H,1-2,4,6-7,9-12,14H2. The number of carbonyl (C=O) groups is 1. The van der Waals surface area contributed by atoms with Crippen LogP contribution in [0.3, 0.4) is 0 Å². The number of nitrogens with zero attached hydrogens (tertiary/aromatic N) is 1. The van der Waals surface area contributed by atoms with Crippen molar-refractivity contribution in [3.05, 3.63) is 29.8 Å². The van der Waals surface area contributed by atoms with E-state index in [4.69, 9.17) is 9.47 Å². The third-order valence-corrected chi connectivity index (χ3v) is 5.43. The molecule has 1 unspecified atom stereocenters. The van der Waals surface area contributed by atoms with Crippen molar-refractivity contribution >= 4 is 5.91 Å². The van der Waals surface area contributed by atoms with E-state index in [1.54, 1.807) is 0 Å². The van der Waals surface area contributed by atoms with Crippen LogP contribution >= 0.6 is 0 Å². The van der Waals surface area contributed by atoms with Gasteiger partial charge in [-0.05, 0) is 56.7 Å². The molecule has 1 heterocycles. The van der Waals surface area contributed by atoms with Gasteiger partial charge in [0, 0.05) is 24.3 Å². The first-order valence-corrected chi connectivity index (χ1v) is 9.48. The molecule has 0 spiro atoms. The Labute approximate surface area is 144 Å². The van der Waals surface area contributed by atoms with Crippen LogP contribution in [0, 0.1) is 0 Å². The Morgan fingerprint density at radius 3 is 2.58 bits per heavy atom. The first-order valence-electron chi connectivity index (χ1n) is 9.48. The van der Waals surface area contributed by atoms with Gasteiger partial charge in [0.1, 0.15) is 12.4 Å². The third kappa shape index (κ3) is 3.59. The van der Waals surface area contributed by atoms with Crippen LogP contribution in [0.15, 0.2) is 24.3 Å². The zero-order valence-electron chi connectivity index (χ0n) is 14.3. The van der Waals surface area contributed by atoms with Gasteiger partial charge in [-0.1, -0.05) is 18.9 Å². The van der Waals surface area contributed by atoms with Gasteiger partial charge in [0.05, 0.1) is 6.10 Å². The monoisotopic (exact) mass is 329 g/mol. The van der Waals surface area contributed by atoms with Gasteiger partial charge in [-0.25, -0.2) is 0 Å². The Morgan fingerprint density at radius 2 is 1.88 bits per heavy atom. The summed E-state index contributed by atoms with van der Waals surface area (Å²) >= 11 is 0. The lowest BCUT2D eigenvalue weighted by atomic mass is 10.1. The highest BCUT2D eigenvalue weighted by molar-refractivity contribution is 5.95. The highest BCUT2D eigenvalue weighted by atomic mass is 16.5. The molecule has 1 aromatic rings. The van der Waals surface area contributed by atoms with Crippen molar-refractivity contribution in [1.82, 2.24) is 4.90 Å². The van der Waals surface area contributed by atoms with Gasteiger partial charge in [-0.2, -0.15) is 0 Å². The van der Waals surface area contributed by atoms with E-state index < -0.39 is 0 Å². The molecule has 0 bridgehead atoms. The molecular weight excluding hydrogens is 302 g/mol. The van der Waals surface area contributed by atoms with Crippen LogP contribution in [0.1, 0.15) is 61.7 Å². The quantitative estimate of drug-likeness (QED) is 0.797. The predicted molar refractivity (Wildman–Crippen MR) is 92.4 cm³/mol. The van der Waals surface area contributed by atoms with Crippen LogP contribution in [0.25, 0.3) is 0 Å². The largest absolute Gasteiger partial charge is 0.491 e. The number of carbonyl (C=O) groups excluding carboxylic acids is 1. The molecule has 1 aromatic carbocycles. The summed E-state index contributed by atoms with van der Waals surface area (Å²) in [6, 6.07) is 8.60. The normalized spacial score (nSPS) is 24.2. The molecule has 3 fully saturated rings. The summed E-state index contributed by atoms with van der Waals surface area (Å²) in [5.41, 5.74) is 0.763. The molecule has 24 heavy (non-hydrogen) atoms. The molecule has 1 saturated heterocycles. The topological polar surface area (TPSA) is 38.8 Å². The van der Waals surface area contributed by atoms with Crippen LogP contribution in [-0.4, -0.2) is 42.2 Å². The Bertz CT molecular complexity index is 572. The highest BCUT2D eigenvalue weighted by Crippen LogP contribution is 2.35. The molecule has 130 valence electrons. The molecular formula is C20H27NO3. The van der Waals surface area contributed by atoms with Crippen LogP contribution in [0.2, 0.25) is 0 Å². The zero-order chi connectivity index (χ0) is 16.4. The highest BCUT2D eigenvalue weighted by Gasteiger charge is 2.38. The van der Waals surface area contributed by atoms with E-state index in [1.807, 2.05) is 24.3 Å². The van der Waals surface area contributed by atoms with E-state index in [-0.39, 0.29) is 12.0 Å². The lowest BCUT2D eigenvalue weighted by Gasteiger charge is -2.29. The van der Waals surface area contributed by atoms with Crippen molar-refractivity contribution in [3.63, 3.8) is 0 Å². The van der Waals surface area contributed by atoms with Gasteiger partial charge < -0.3 is 14.4 Å². The molecule has 0 radical (unpaired) electrons. The fraction of sp³-hybridized carbons (Fsp3) is 0.650. The van der Waals surface area contributed by atoms with Crippen LogP contribution < -0.4 is 4.74 Å². The van der Waals surface area contributed by atoms with Gasteiger partial charge in [-0.3, -0.25) is 4.79 Å². The fourth-order valence-electron chi connectivity index (χ4n) is 4.00. The van der Waals surface area contributed by atoms with Crippen molar-refractivity contribution < 1.29 is 14.3 Å². The molecule has 0 aromatic heterocycles. The first kappa shape index (κ1) is 15.9. The second-order valence-corrected chi connectivity index (χ2v) is 7.36. The van der Waals surface area contributed by atoms with E-state index in [0.717, 1.165) is 56.4 Å². The SMILES string of the molecule is O=C(c1cccc(OCC2CCCO2)c1)N(C1CCCC1)C1CC1. The molecule has 1 aliphatic heterocycles. The summed E-state index contributed by atoms with van der Waals surface area (Å²) in [7, 11) is 0. The second-order valence-electron chi connectivity index (χ2n) is 7.36. The summed E-state index contributed by atoms with van der Waals surface area (Å²) < 4.78 is 11.5. The minimum absolute atomic E-state index is 0.187. The van der Waals surface area contributed by atoms with Gasteiger partial charge in [0.15, 0.2) is 0 Å². The molecule has 4 nitrogen and oxygen atoms in total. The molecule has 2 saturated carbocycles. The number of benzene rings is 1. The Morgan fingerprint density at radius 1 is 1.08 bits per heavy atom. The maximum atomic E-state index is 13.1. The minimum Gasteiger partial charge on any atom is -0.491 e. The molecule has 0 N–H and O–H groups in total. The molecule has 3 aliphatic rings. The summed E-state index contributed by atoms with van der Waals surface area (Å²) in [5.74, 6) is 0.963. The Balaban J connectivity index is 1.43. The Hall–Kier alpha value is -1.55. The fourth-order valence-corrected chi connectivity index (χ4v) is 4.00. The van der Waals surface area contributed by atoms with E-state index in [1.165, 1.54) is 12.8 Å². The van der Waals surface area contributed by atoms with E-state index in [0.29, 0.717) is 18.7 Å². The molecule has 2 aliphatic carbocycles. The van der Waals surface area contributed by atoms with Crippen LogP contribution in [0.4, 0.5) is 0 Å². The number of hydrogen-bond donors (Lipinski definition) is 0. The predicted octanol–water partition coefficient (Wildman–Crippen LogP) is 3.79. The van der Waals surface area contributed by atoms with Gasteiger partial charge >= 0.3 is 0 Å². The summed E-state index contributed by atoms with van der Waals surface area (Å²) in [4.78, 5) is 15.2. The lowest BCUT2D eigenvalue weighted by molar-refractivity contribution is 0.0656. The lowest BCUT2D eigenvalue weighted by Crippen LogP contribution is -2.40. The van der Waals surface area contributed by atoms with E-state index in [9.17, 15) is 4.79 Å². The first-order chi connectivity index (χ1) is 11.8. The summed E-state index contributed by atoms with van der Waals surface area (Å²) in [6.45, 7) is 1.41. The summed E-state index contributed by atoms with van der Waals surface area (Å²) in [5, 5.41) is 0. The molecule has 4 rings (SSSR count). The van der Waals surface area contributed by atoms with Crippen molar-refractivity contribution in [2.24, 2.45) is 0 Å². The second kappa shape index (κ2) is 7.14. The van der Waals surface area contributed by atoms with Crippen LogP contribution in [0.5, 0.6) is 5.75 Å². The average molecular weight is 329 g/mol. The third-order valence-electron chi connectivity index (χ3n) is 5.43. The number of ether oxygens (including phenoxy) is 2. The van der Waals surface area contributed by atoms with Crippen LogP contribution in [-0.2, 0) is 4.74 Å². The average Bonchev–Trinajstić information content (AvgIpc) is 3.08. The van der Waals surface area contributed by atoms with Crippen molar-refractivity contribution in [3.8, 4) is 5.75 Å². The van der Waals surface area contributed by atoms with Gasteiger partial charge in [-0.15, -0.1) is 0 Å². The van der Waals surface area contributed by atoms with Crippen molar-refractivity contribution in [2.75, 3.05) is 13.2 Å². The Kier molecular flexibility index (Phi) is 4.74. The van der Waals surface area contributed by atoms with E-state index >= 15 is 0 Å². The number of hydrogen-bond acceptors (Lipinski definition) is 3. The maximum Gasteiger partial charge on any atom is 0.254 e. The maximum absolute atomic E-state index is 13.1. The van der Waals surface area contributed by atoms with Gasteiger partial charge in [0.25, 0.3) is 5.91 Å². The van der Waals surface area contributed by atoms with Crippen molar-refractivity contribution in [1.29, 1.82) is 0 Å². The smallest absolute Gasteiger partial charge is 0.254 e. The van der Waals surface area contributed by atoms with Crippen molar-refractivity contribution in [2.45, 2.75) is 69.6 Å². The zero-order valence-corrected chi connectivity index (χ0v) is 14.3. The molecule has 1 atom stereocenters. The minimum atomic E-state index is 0.187. The number of amides is 1. The van der Waals surface area contributed by atoms with Gasteiger partial charge in [0.2, 0.25) is 0 Å².